The van der Waals surface area contributed by atoms with Gasteiger partial charge in [-0.2, -0.15) is 13.5 Å². The van der Waals surface area contributed by atoms with E-state index < -0.39 is 19.2 Å². The van der Waals surface area contributed by atoms with E-state index in [1.165, 1.54) is 22.8 Å². The van der Waals surface area contributed by atoms with E-state index in [1.54, 1.807) is 0 Å². The van der Waals surface area contributed by atoms with Crippen molar-refractivity contribution in [3.63, 3.8) is 0 Å². The summed E-state index contributed by atoms with van der Waals surface area (Å²) in [5.41, 5.74) is -2.71. The zero-order valence-electron chi connectivity index (χ0n) is 18.7. The molecule has 8 nitrogen and oxygen atoms in total. The average Bonchev–Trinajstić information content (AvgIpc) is 2.82. The van der Waals surface area contributed by atoms with Crippen molar-refractivity contribution in [2.24, 2.45) is 13.5 Å². The molecule has 0 radical (unpaired) electrons. The van der Waals surface area contributed by atoms with Gasteiger partial charge in [-0.25, -0.2) is 0 Å². The second-order valence-electron chi connectivity index (χ2n) is 7.02. The third-order valence-corrected chi connectivity index (χ3v) is 21.8. The Hall–Kier alpha value is 0.210. The molecule has 2 bridgehead atoms. The fourth-order valence-electron chi connectivity index (χ4n) is 2.87. The summed E-state index contributed by atoms with van der Waals surface area (Å²) in [6.07, 6.45) is 0. The first kappa shape index (κ1) is 28.2. The molecule has 0 saturated carbocycles. The minimum absolute atomic E-state index is 0.219. The Morgan fingerprint density at radius 3 is 1.40 bits per heavy atom. The fraction of sp³-hybridized carbons (Fsp3) is 0.400. The topological polar surface area (TPSA) is 83.2 Å². The molecular formula is C20H26Cl2N3O5P3S2. The lowest BCUT2D eigenvalue weighted by atomic mass is 10.4. The number of nitrogens with zero attached hydrogens (tertiary/aromatic N) is 3. The smallest absolute Gasteiger partial charge is 0.300 e. The van der Waals surface area contributed by atoms with E-state index in [-0.39, 0.29) is 13.2 Å². The number of rotatable bonds is 4. The van der Waals surface area contributed by atoms with Crippen molar-refractivity contribution in [1.29, 1.82) is 0 Å². The summed E-state index contributed by atoms with van der Waals surface area (Å²) < 4.78 is 43.4. The van der Waals surface area contributed by atoms with Crippen molar-refractivity contribution >= 4 is 64.4 Å². The molecule has 2 aliphatic rings. The standard InChI is InChI=1S/C20H26Cl2N3O5P3S2/c21-31-23-32(22,30-18-16-28-14-12-26-11-13-27-15-17-29-31)25-33(24-31,34-19-7-3-1-4-8-19)35-20-9-5-2-6-10-20/h1-10H,11-18H2. The average molecular weight is 616 g/mol. The van der Waals surface area contributed by atoms with E-state index in [0.717, 1.165) is 9.79 Å². The maximum absolute atomic E-state index is 6.99. The first-order valence-electron chi connectivity index (χ1n) is 10.8. The second-order valence-corrected chi connectivity index (χ2v) is 21.3. The highest BCUT2D eigenvalue weighted by molar-refractivity contribution is 8.91. The Balaban J connectivity index is 1.74. The van der Waals surface area contributed by atoms with Crippen molar-refractivity contribution in [2.75, 3.05) is 52.9 Å². The van der Waals surface area contributed by atoms with E-state index in [4.69, 9.17) is 54.8 Å². The third kappa shape index (κ3) is 9.17. The summed E-state index contributed by atoms with van der Waals surface area (Å²) >= 11 is 17.1. The van der Waals surface area contributed by atoms with Gasteiger partial charge in [0.25, 0.3) is 13.6 Å². The van der Waals surface area contributed by atoms with Crippen LogP contribution in [-0.2, 0) is 23.3 Å². The van der Waals surface area contributed by atoms with Gasteiger partial charge < -0.3 is 23.3 Å². The van der Waals surface area contributed by atoms with Crippen molar-refractivity contribution in [1.82, 2.24) is 0 Å². The van der Waals surface area contributed by atoms with E-state index in [9.17, 15) is 0 Å². The lowest BCUT2D eigenvalue weighted by Gasteiger charge is -2.29. The lowest BCUT2D eigenvalue weighted by Crippen LogP contribution is -2.13. The van der Waals surface area contributed by atoms with Crippen LogP contribution in [0.15, 0.2) is 84.0 Å². The van der Waals surface area contributed by atoms with Gasteiger partial charge in [0.1, 0.15) is 0 Å². The van der Waals surface area contributed by atoms with E-state index >= 15 is 0 Å². The van der Waals surface area contributed by atoms with Crippen LogP contribution >= 0.6 is 64.4 Å². The molecule has 0 saturated heterocycles. The molecule has 0 spiro atoms. The highest BCUT2D eigenvalue weighted by Crippen LogP contribution is 2.91. The van der Waals surface area contributed by atoms with Gasteiger partial charge in [0.15, 0.2) is 0 Å². The molecule has 15 heteroatoms. The summed E-state index contributed by atoms with van der Waals surface area (Å²) in [6.45, 7) is -3.46. The Morgan fingerprint density at radius 2 is 0.943 bits per heavy atom. The second kappa shape index (κ2) is 13.8. The summed E-state index contributed by atoms with van der Waals surface area (Å²) in [5.74, 6) is 0. The van der Waals surface area contributed by atoms with Crippen LogP contribution in [0.3, 0.4) is 0 Å². The largest absolute Gasteiger partial charge is 0.377 e. The van der Waals surface area contributed by atoms with Crippen molar-refractivity contribution in [2.45, 2.75) is 9.79 Å². The Kier molecular flexibility index (Phi) is 11.2. The predicted octanol–water partition coefficient (Wildman–Crippen LogP) is 9.00. The van der Waals surface area contributed by atoms with E-state index in [0.29, 0.717) is 39.6 Å². The van der Waals surface area contributed by atoms with Crippen LogP contribution in [-0.4, -0.2) is 52.9 Å². The first-order chi connectivity index (χ1) is 17.0. The van der Waals surface area contributed by atoms with Gasteiger partial charge in [0, 0.05) is 9.79 Å². The third-order valence-electron chi connectivity index (χ3n) is 4.31. The van der Waals surface area contributed by atoms with Crippen LogP contribution in [0.25, 0.3) is 0 Å². The van der Waals surface area contributed by atoms with Crippen LogP contribution in [0.1, 0.15) is 0 Å². The Morgan fingerprint density at radius 1 is 0.543 bits per heavy atom. The lowest BCUT2D eigenvalue weighted by molar-refractivity contribution is 0.00576. The SMILES string of the molecule is ClP12=NP(Cl)(=NP(Sc3ccccc3)(Sc3ccccc3)=N1)OCCOCCOCCOCCO2. The van der Waals surface area contributed by atoms with Crippen LogP contribution in [0.4, 0.5) is 0 Å². The molecule has 2 aromatic carbocycles. The minimum Gasteiger partial charge on any atom is -0.377 e. The molecule has 192 valence electrons. The summed E-state index contributed by atoms with van der Waals surface area (Å²) in [6, 6.07) is 19.9. The van der Waals surface area contributed by atoms with Gasteiger partial charge in [-0.1, -0.05) is 36.4 Å². The molecule has 4 rings (SSSR count). The van der Waals surface area contributed by atoms with Crippen LogP contribution in [0.2, 0.25) is 0 Å². The van der Waals surface area contributed by atoms with Crippen LogP contribution in [0.5, 0.6) is 0 Å². The highest BCUT2D eigenvalue weighted by Gasteiger charge is 2.39. The zero-order chi connectivity index (χ0) is 24.5. The Labute approximate surface area is 223 Å². The first-order valence-corrected chi connectivity index (χ1v) is 20.4. The summed E-state index contributed by atoms with van der Waals surface area (Å²) in [4.78, 5) is 2.00. The molecule has 0 fully saturated rings. The molecule has 2 aromatic rings. The number of halogens is 2. The fourth-order valence-corrected chi connectivity index (χ4v) is 25.6. The van der Waals surface area contributed by atoms with Gasteiger partial charge >= 0.3 is 0 Å². The summed E-state index contributed by atoms with van der Waals surface area (Å²) in [7, 11) is 0. The zero-order valence-corrected chi connectivity index (χ0v) is 24.6. The monoisotopic (exact) mass is 615 g/mol. The van der Waals surface area contributed by atoms with E-state index in [2.05, 4.69) is 4.52 Å². The number of hydrogen-bond acceptors (Lipinski definition) is 10. The molecule has 0 aliphatic carbocycles. The Bertz CT molecular complexity index is 1070. The maximum Gasteiger partial charge on any atom is 0.300 e. The van der Waals surface area contributed by atoms with Crippen molar-refractivity contribution in [3.8, 4) is 0 Å². The molecular weight excluding hydrogens is 590 g/mol. The van der Waals surface area contributed by atoms with Crippen molar-refractivity contribution < 1.29 is 23.3 Å². The molecule has 35 heavy (non-hydrogen) atoms. The van der Waals surface area contributed by atoms with Gasteiger partial charge in [-0.15, -0.1) is 0 Å². The number of hydrogen-bond donors (Lipinski definition) is 0. The molecule has 0 amide bonds. The van der Waals surface area contributed by atoms with Crippen LogP contribution in [0, 0.1) is 0 Å². The molecule has 0 N–H and O–H groups in total. The van der Waals surface area contributed by atoms with E-state index in [1.807, 2.05) is 60.7 Å². The molecule has 2 aliphatic heterocycles. The minimum atomic E-state index is -3.19. The van der Waals surface area contributed by atoms with Gasteiger partial charge in [0.2, 0.25) is 5.61 Å². The number of benzene rings is 2. The quantitative estimate of drug-likeness (QED) is 0.317. The predicted molar refractivity (Wildman–Crippen MR) is 149 cm³/mol. The summed E-state index contributed by atoms with van der Waals surface area (Å²) in [5, 5.41) is 0. The maximum atomic E-state index is 6.99. The number of ether oxygens (including phenoxy) is 3. The molecule has 2 unspecified atom stereocenters. The normalized spacial score (nSPS) is 28.2. The molecule has 2 atom stereocenters. The van der Waals surface area contributed by atoms with Gasteiger partial charge in [-0.3, -0.25) is 0 Å². The molecule has 0 aromatic heterocycles. The van der Waals surface area contributed by atoms with Crippen LogP contribution < -0.4 is 0 Å². The molecule has 2 heterocycles. The number of fused-ring (bicyclic) bond motifs is 1. The van der Waals surface area contributed by atoms with Gasteiger partial charge in [0.05, 0.1) is 52.9 Å². The van der Waals surface area contributed by atoms with Gasteiger partial charge in [-0.05, 0) is 69.5 Å². The van der Waals surface area contributed by atoms with Crippen molar-refractivity contribution in [3.05, 3.63) is 60.7 Å². The highest BCUT2D eigenvalue weighted by atomic mass is 35.7.